The number of carboxylic acid groups (broad SMARTS) is 1. The van der Waals surface area contributed by atoms with Crippen molar-refractivity contribution >= 4 is 53.8 Å². The Morgan fingerprint density at radius 2 is 1.45 bits per heavy atom. The zero-order valence-corrected chi connectivity index (χ0v) is 8.95. The Labute approximate surface area is 95.7 Å². The fourth-order valence-corrected chi connectivity index (χ4v) is 0. The fourth-order valence-electron chi connectivity index (χ4n) is 0. The molecule has 8 heteroatoms. The standard InChI is InChI=1S/C3H6O3.2ClH.Mg.2H2O.2H/c1-2(4)3(5)6;;;;;;;/h2,4H,1H3,(H,5,6);2*1H;;2*1H2;;/q;;;+2;;;2*-1. The Balaban J connectivity index is -0.00000000595. The largest absolute Gasteiger partial charge is 2.00 e. The summed E-state index contributed by atoms with van der Waals surface area (Å²) in [5, 5.41) is 15.8. The third-order valence-corrected chi connectivity index (χ3v) is 0.357. The zero-order valence-electron chi connectivity index (χ0n) is 7.90. The quantitative estimate of drug-likeness (QED) is 0.528. The SMILES string of the molecule is CC(O)C(=O)O.Cl.Cl.O.O.[H-].[H-].[Mg+2]. The van der Waals surface area contributed by atoms with Gasteiger partial charge in [0.15, 0.2) is 0 Å². The molecule has 0 saturated heterocycles. The summed E-state index contributed by atoms with van der Waals surface area (Å²) in [6.07, 6.45) is -1.23. The summed E-state index contributed by atoms with van der Waals surface area (Å²) in [5.41, 5.74) is 0. The van der Waals surface area contributed by atoms with Gasteiger partial charge in [-0.05, 0) is 6.92 Å². The van der Waals surface area contributed by atoms with E-state index in [0.717, 1.165) is 0 Å². The van der Waals surface area contributed by atoms with E-state index in [4.69, 9.17) is 10.2 Å². The molecule has 0 spiro atoms. The summed E-state index contributed by atoms with van der Waals surface area (Å²) in [5.74, 6) is -1.19. The van der Waals surface area contributed by atoms with Gasteiger partial charge in [-0.15, -0.1) is 24.8 Å². The Morgan fingerprint density at radius 3 is 1.45 bits per heavy atom. The van der Waals surface area contributed by atoms with Gasteiger partial charge in [0, 0.05) is 0 Å². The van der Waals surface area contributed by atoms with E-state index < -0.39 is 12.1 Å². The molecule has 0 saturated carbocycles. The summed E-state index contributed by atoms with van der Waals surface area (Å²) in [4.78, 5) is 9.45. The van der Waals surface area contributed by atoms with Crippen molar-refractivity contribution in [3.05, 3.63) is 0 Å². The van der Waals surface area contributed by atoms with Gasteiger partial charge in [-0.2, -0.15) is 0 Å². The Morgan fingerprint density at radius 1 is 1.36 bits per heavy atom. The van der Waals surface area contributed by atoms with Crippen LogP contribution in [0.1, 0.15) is 9.78 Å². The second-order valence-corrected chi connectivity index (χ2v) is 1.01. The number of carboxylic acids is 1. The average Bonchev–Trinajstić information content (AvgIpc) is 1.36. The van der Waals surface area contributed by atoms with Gasteiger partial charge >= 0.3 is 29.0 Å². The molecule has 0 bridgehead atoms. The molecular weight excluding hydrogens is 211 g/mol. The van der Waals surface area contributed by atoms with Crippen LogP contribution in [0.4, 0.5) is 0 Å². The number of aliphatic hydroxyl groups is 1. The van der Waals surface area contributed by atoms with Crippen molar-refractivity contribution in [2.24, 2.45) is 0 Å². The molecule has 0 heterocycles. The third kappa shape index (κ3) is 36.7. The van der Waals surface area contributed by atoms with Crippen LogP contribution in [-0.2, 0) is 4.79 Å². The molecule has 5 nitrogen and oxygen atoms in total. The van der Waals surface area contributed by atoms with Crippen molar-refractivity contribution in [3.8, 4) is 0 Å². The Hall–Kier alpha value is 0.696. The van der Waals surface area contributed by atoms with Crippen molar-refractivity contribution in [3.63, 3.8) is 0 Å². The van der Waals surface area contributed by atoms with Crippen molar-refractivity contribution in [2.75, 3.05) is 0 Å². The second kappa shape index (κ2) is 22.4. The molecule has 0 amide bonds. The number of hydrogen-bond acceptors (Lipinski definition) is 2. The van der Waals surface area contributed by atoms with Crippen LogP contribution in [0, 0.1) is 0 Å². The molecule has 0 aromatic carbocycles. The van der Waals surface area contributed by atoms with Crippen LogP contribution >= 0.6 is 24.8 Å². The maximum atomic E-state index is 9.45. The minimum absolute atomic E-state index is 0. The van der Waals surface area contributed by atoms with Crippen molar-refractivity contribution < 1.29 is 28.8 Å². The summed E-state index contributed by atoms with van der Waals surface area (Å²) in [7, 11) is 0. The van der Waals surface area contributed by atoms with Crippen molar-refractivity contribution in [2.45, 2.75) is 13.0 Å². The van der Waals surface area contributed by atoms with Crippen molar-refractivity contribution in [1.82, 2.24) is 0 Å². The minimum Gasteiger partial charge on any atom is -1.00 e. The molecule has 1 atom stereocenters. The first-order valence-electron chi connectivity index (χ1n) is 1.55. The maximum Gasteiger partial charge on any atom is 2.00 e. The van der Waals surface area contributed by atoms with Gasteiger partial charge in [0.1, 0.15) is 6.10 Å². The predicted molar refractivity (Wildman–Crippen MR) is 49.0 cm³/mol. The topological polar surface area (TPSA) is 121 Å². The normalized spacial score (nSPS) is 7.45. The Bertz CT molecular complexity index is 78.8. The van der Waals surface area contributed by atoms with Gasteiger partial charge in [-0.25, -0.2) is 4.79 Å². The summed E-state index contributed by atoms with van der Waals surface area (Å²) in [6, 6.07) is 0. The van der Waals surface area contributed by atoms with E-state index in [9.17, 15) is 4.79 Å². The first kappa shape index (κ1) is 41.2. The molecule has 72 valence electrons. The molecular formula is C3H14Cl2MgO5. The van der Waals surface area contributed by atoms with Gasteiger partial charge < -0.3 is 24.0 Å². The number of halogens is 2. The molecule has 1 unspecified atom stereocenters. The van der Waals surface area contributed by atoms with E-state index in [-0.39, 0.29) is 61.7 Å². The van der Waals surface area contributed by atoms with E-state index >= 15 is 0 Å². The van der Waals surface area contributed by atoms with Gasteiger partial charge in [0.25, 0.3) is 0 Å². The molecule has 6 N–H and O–H groups in total. The van der Waals surface area contributed by atoms with E-state index in [1.165, 1.54) is 6.92 Å². The van der Waals surface area contributed by atoms with Crippen molar-refractivity contribution in [1.29, 1.82) is 0 Å². The summed E-state index contributed by atoms with van der Waals surface area (Å²) < 4.78 is 0. The van der Waals surface area contributed by atoms with Gasteiger partial charge in [-0.1, -0.05) is 0 Å². The molecule has 0 aliphatic carbocycles. The number of hydrogen-bond donors (Lipinski definition) is 2. The molecule has 0 aliphatic heterocycles. The van der Waals surface area contributed by atoms with Gasteiger partial charge in [0.2, 0.25) is 0 Å². The molecule has 0 rings (SSSR count). The van der Waals surface area contributed by atoms with Crippen LogP contribution in [-0.4, -0.2) is 56.3 Å². The smallest absolute Gasteiger partial charge is 1.00 e. The summed E-state index contributed by atoms with van der Waals surface area (Å²) >= 11 is 0. The minimum atomic E-state index is -1.23. The molecule has 0 aliphatic rings. The summed E-state index contributed by atoms with van der Waals surface area (Å²) in [6.45, 7) is 1.20. The number of aliphatic carboxylic acids is 1. The van der Waals surface area contributed by atoms with Crippen LogP contribution in [0.2, 0.25) is 0 Å². The Kier molecular flexibility index (Phi) is 84.1. The molecule has 0 aromatic heterocycles. The van der Waals surface area contributed by atoms with E-state index in [1.54, 1.807) is 0 Å². The van der Waals surface area contributed by atoms with Crippen LogP contribution in [0.5, 0.6) is 0 Å². The molecule has 0 aromatic rings. The van der Waals surface area contributed by atoms with Crippen LogP contribution in [0.3, 0.4) is 0 Å². The fraction of sp³-hybridized carbons (Fsp3) is 0.667. The number of rotatable bonds is 1. The van der Waals surface area contributed by atoms with E-state index in [2.05, 4.69) is 0 Å². The average molecular weight is 225 g/mol. The van der Waals surface area contributed by atoms with Crippen LogP contribution in [0.25, 0.3) is 0 Å². The number of carbonyl (C=O) groups is 1. The van der Waals surface area contributed by atoms with Gasteiger partial charge in [-0.3, -0.25) is 0 Å². The molecule has 11 heavy (non-hydrogen) atoms. The van der Waals surface area contributed by atoms with E-state index in [0.29, 0.717) is 0 Å². The first-order chi connectivity index (χ1) is 2.64. The zero-order chi connectivity index (χ0) is 5.15. The first-order valence-corrected chi connectivity index (χ1v) is 1.55. The van der Waals surface area contributed by atoms with Crippen LogP contribution < -0.4 is 0 Å². The second-order valence-electron chi connectivity index (χ2n) is 1.01. The predicted octanol–water partition coefficient (Wildman–Crippen LogP) is -1.51. The monoisotopic (exact) mass is 224 g/mol. The van der Waals surface area contributed by atoms with E-state index in [1.807, 2.05) is 0 Å². The third-order valence-electron chi connectivity index (χ3n) is 0.357. The van der Waals surface area contributed by atoms with Crippen LogP contribution in [0.15, 0.2) is 0 Å². The number of aliphatic hydroxyl groups excluding tert-OH is 1. The van der Waals surface area contributed by atoms with Gasteiger partial charge in [0.05, 0.1) is 0 Å². The molecule has 0 radical (unpaired) electrons. The molecule has 0 fully saturated rings. The maximum absolute atomic E-state index is 9.45.